The molecule has 0 aliphatic carbocycles. The van der Waals surface area contributed by atoms with E-state index in [2.05, 4.69) is 31.0 Å². The summed E-state index contributed by atoms with van der Waals surface area (Å²) in [6, 6.07) is 8.06. The predicted molar refractivity (Wildman–Crippen MR) is 70.5 cm³/mol. The summed E-state index contributed by atoms with van der Waals surface area (Å²) in [4.78, 5) is 2.70. The first-order chi connectivity index (χ1) is 7.15. The summed E-state index contributed by atoms with van der Waals surface area (Å²) in [7, 11) is 2.10. The molecule has 0 bridgehead atoms. The fourth-order valence-electron chi connectivity index (χ4n) is 1.40. The van der Waals surface area contributed by atoms with Gasteiger partial charge in [0.05, 0.1) is 0 Å². The van der Waals surface area contributed by atoms with Crippen LogP contribution in [0, 0.1) is 0 Å². The van der Waals surface area contributed by atoms with E-state index in [1.54, 1.807) is 0 Å². The number of nitrogens with two attached hydrogens (primary N) is 1. The third kappa shape index (κ3) is 3.51. The minimum atomic E-state index is 0.456. The molecule has 2 N–H and O–H groups in total. The van der Waals surface area contributed by atoms with Crippen LogP contribution in [0.4, 0.5) is 5.69 Å². The van der Waals surface area contributed by atoms with E-state index >= 15 is 0 Å². The van der Waals surface area contributed by atoms with Crippen molar-refractivity contribution in [1.29, 1.82) is 0 Å². The van der Waals surface area contributed by atoms with E-state index < -0.39 is 0 Å². The molecular weight excluding hydrogens is 204 g/mol. The van der Waals surface area contributed by atoms with Crippen LogP contribution in [0.25, 0.3) is 0 Å². The van der Waals surface area contributed by atoms with Crippen LogP contribution in [0.15, 0.2) is 24.3 Å². The largest absolute Gasteiger partial charge is 0.389 e. The number of hydrogen-bond donors (Lipinski definition) is 1. The molecule has 0 radical (unpaired) electrons. The van der Waals surface area contributed by atoms with E-state index in [1.165, 1.54) is 18.5 Å². The SMILES string of the molecule is CCCCN(C)c1ccc(C(N)=S)cc1. The number of nitrogens with zero attached hydrogens (tertiary/aromatic N) is 1. The second-order valence-corrected chi connectivity index (χ2v) is 4.13. The molecule has 0 saturated heterocycles. The first kappa shape index (κ1) is 12.0. The summed E-state index contributed by atoms with van der Waals surface area (Å²) in [6.45, 7) is 3.28. The molecule has 3 heteroatoms. The molecule has 0 aliphatic rings. The molecule has 0 unspecified atom stereocenters. The Balaban J connectivity index is 2.66. The van der Waals surface area contributed by atoms with Gasteiger partial charge in [-0.15, -0.1) is 0 Å². The Labute approximate surface area is 97.1 Å². The molecule has 2 nitrogen and oxygen atoms in total. The molecule has 0 atom stereocenters. The van der Waals surface area contributed by atoms with E-state index in [9.17, 15) is 0 Å². The Kier molecular flexibility index (Phi) is 4.56. The van der Waals surface area contributed by atoms with Crippen molar-refractivity contribution in [3.63, 3.8) is 0 Å². The van der Waals surface area contributed by atoms with Crippen molar-refractivity contribution in [2.75, 3.05) is 18.5 Å². The maximum Gasteiger partial charge on any atom is 0.103 e. The summed E-state index contributed by atoms with van der Waals surface area (Å²) in [5.74, 6) is 0. The lowest BCUT2D eigenvalue weighted by Crippen LogP contribution is -2.18. The predicted octanol–water partition coefficient (Wildman–Crippen LogP) is 2.56. The highest BCUT2D eigenvalue weighted by Gasteiger charge is 2.00. The summed E-state index contributed by atoms with van der Waals surface area (Å²) < 4.78 is 0. The Bertz CT molecular complexity index is 319. The number of anilines is 1. The van der Waals surface area contributed by atoms with Crippen LogP contribution in [0.2, 0.25) is 0 Å². The number of unbranched alkanes of at least 4 members (excludes halogenated alkanes) is 1. The minimum absolute atomic E-state index is 0.456. The molecule has 0 amide bonds. The van der Waals surface area contributed by atoms with Crippen LogP contribution in [0.5, 0.6) is 0 Å². The first-order valence-electron chi connectivity index (χ1n) is 5.26. The molecular formula is C12H18N2S. The average Bonchev–Trinajstić information content (AvgIpc) is 2.26. The fraction of sp³-hybridized carbons (Fsp3) is 0.417. The van der Waals surface area contributed by atoms with Crippen molar-refractivity contribution in [3.05, 3.63) is 29.8 Å². The van der Waals surface area contributed by atoms with Crippen molar-refractivity contribution < 1.29 is 0 Å². The van der Waals surface area contributed by atoms with Gasteiger partial charge in [0, 0.05) is 24.8 Å². The number of rotatable bonds is 5. The summed E-state index contributed by atoms with van der Waals surface area (Å²) in [6.07, 6.45) is 2.43. The maximum atomic E-state index is 5.54. The number of benzene rings is 1. The normalized spacial score (nSPS) is 10.0. The molecule has 15 heavy (non-hydrogen) atoms. The lowest BCUT2D eigenvalue weighted by atomic mass is 10.2. The maximum absolute atomic E-state index is 5.54. The molecule has 0 heterocycles. The standard InChI is InChI=1S/C12H18N2S/c1-3-4-9-14(2)11-7-5-10(6-8-11)12(13)15/h5-8H,3-4,9H2,1-2H3,(H2,13,15). The lowest BCUT2D eigenvalue weighted by molar-refractivity contribution is 0.767. The molecule has 82 valence electrons. The highest BCUT2D eigenvalue weighted by molar-refractivity contribution is 7.80. The first-order valence-corrected chi connectivity index (χ1v) is 5.67. The van der Waals surface area contributed by atoms with E-state index in [4.69, 9.17) is 18.0 Å². The van der Waals surface area contributed by atoms with Crippen molar-refractivity contribution >= 4 is 22.9 Å². The van der Waals surface area contributed by atoms with Gasteiger partial charge in [-0.1, -0.05) is 25.6 Å². The van der Waals surface area contributed by atoms with Gasteiger partial charge in [0.1, 0.15) is 4.99 Å². The fourth-order valence-corrected chi connectivity index (χ4v) is 1.54. The van der Waals surface area contributed by atoms with Crippen LogP contribution in [0.1, 0.15) is 25.3 Å². The molecule has 1 aromatic rings. The number of hydrogen-bond acceptors (Lipinski definition) is 2. The quantitative estimate of drug-likeness (QED) is 0.776. The van der Waals surface area contributed by atoms with Crippen molar-refractivity contribution in [3.8, 4) is 0 Å². The van der Waals surface area contributed by atoms with E-state index in [0.29, 0.717) is 4.99 Å². The molecule has 0 fully saturated rings. The topological polar surface area (TPSA) is 29.3 Å². The van der Waals surface area contributed by atoms with Crippen molar-refractivity contribution in [2.24, 2.45) is 5.73 Å². The van der Waals surface area contributed by atoms with Crippen LogP contribution in [-0.2, 0) is 0 Å². The lowest BCUT2D eigenvalue weighted by Gasteiger charge is -2.19. The molecule has 0 spiro atoms. The summed E-state index contributed by atoms with van der Waals surface area (Å²) in [5.41, 5.74) is 7.68. The van der Waals surface area contributed by atoms with Gasteiger partial charge < -0.3 is 10.6 Å². The van der Waals surface area contributed by atoms with Gasteiger partial charge in [-0.3, -0.25) is 0 Å². The van der Waals surface area contributed by atoms with E-state index in [-0.39, 0.29) is 0 Å². The van der Waals surface area contributed by atoms with E-state index in [0.717, 1.165) is 12.1 Å². The van der Waals surface area contributed by atoms with Crippen LogP contribution < -0.4 is 10.6 Å². The van der Waals surface area contributed by atoms with Crippen molar-refractivity contribution in [2.45, 2.75) is 19.8 Å². The highest BCUT2D eigenvalue weighted by Crippen LogP contribution is 2.14. The third-order valence-corrected chi connectivity index (χ3v) is 2.68. The minimum Gasteiger partial charge on any atom is -0.389 e. The van der Waals surface area contributed by atoms with E-state index in [1.807, 2.05) is 12.1 Å². The summed E-state index contributed by atoms with van der Waals surface area (Å²) >= 11 is 4.91. The second kappa shape index (κ2) is 5.71. The second-order valence-electron chi connectivity index (χ2n) is 3.69. The zero-order valence-electron chi connectivity index (χ0n) is 9.36. The Morgan fingerprint density at radius 3 is 2.40 bits per heavy atom. The zero-order chi connectivity index (χ0) is 11.3. The van der Waals surface area contributed by atoms with Crippen LogP contribution in [0.3, 0.4) is 0 Å². The van der Waals surface area contributed by atoms with Gasteiger partial charge in [0.15, 0.2) is 0 Å². The van der Waals surface area contributed by atoms with Gasteiger partial charge in [-0.25, -0.2) is 0 Å². The Hall–Kier alpha value is -1.09. The van der Waals surface area contributed by atoms with Gasteiger partial charge >= 0.3 is 0 Å². The third-order valence-electron chi connectivity index (χ3n) is 2.44. The van der Waals surface area contributed by atoms with Gasteiger partial charge in [-0.2, -0.15) is 0 Å². The zero-order valence-corrected chi connectivity index (χ0v) is 10.2. The molecule has 1 rings (SSSR count). The van der Waals surface area contributed by atoms with Crippen LogP contribution in [-0.4, -0.2) is 18.6 Å². The van der Waals surface area contributed by atoms with Crippen molar-refractivity contribution in [1.82, 2.24) is 0 Å². The van der Waals surface area contributed by atoms with Gasteiger partial charge in [0.25, 0.3) is 0 Å². The smallest absolute Gasteiger partial charge is 0.103 e. The monoisotopic (exact) mass is 222 g/mol. The molecule has 0 saturated carbocycles. The summed E-state index contributed by atoms with van der Waals surface area (Å²) in [5, 5.41) is 0. The Morgan fingerprint density at radius 2 is 1.93 bits per heavy atom. The average molecular weight is 222 g/mol. The van der Waals surface area contributed by atoms with Crippen LogP contribution >= 0.6 is 12.2 Å². The molecule has 1 aromatic carbocycles. The molecule has 0 aromatic heterocycles. The number of thiocarbonyl (C=S) groups is 1. The Morgan fingerprint density at radius 1 is 1.33 bits per heavy atom. The van der Waals surface area contributed by atoms with Gasteiger partial charge in [0.2, 0.25) is 0 Å². The van der Waals surface area contributed by atoms with Gasteiger partial charge in [-0.05, 0) is 30.7 Å². The molecule has 0 aliphatic heterocycles. The highest BCUT2D eigenvalue weighted by atomic mass is 32.1.